The molecule has 0 bridgehead atoms. The van der Waals surface area contributed by atoms with Crippen LogP contribution in [0, 0.1) is 0 Å². The van der Waals surface area contributed by atoms with Gasteiger partial charge in [-0.3, -0.25) is 9.80 Å². The van der Waals surface area contributed by atoms with Crippen LogP contribution in [0.2, 0.25) is 0 Å². The Hall–Kier alpha value is -2.64. The van der Waals surface area contributed by atoms with Crippen molar-refractivity contribution in [2.75, 3.05) is 22.9 Å². The average Bonchev–Trinajstić information content (AvgIpc) is 2.67. The van der Waals surface area contributed by atoms with Gasteiger partial charge < -0.3 is 0 Å². The van der Waals surface area contributed by atoms with Crippen LogP contribution in [0.25, 0.3) is 21.5 Å². The van der Waals surface area contributed by atoms with Gasteiger partial charge in [-0.1, -0.05) is 62.4 Å². The number of alkyl halides is 6. The number of anilines is 2. The van der Waals surface area contributed by atoms with Crippen LogP contribution in [0.15, 0.2) is 48.5 Å². The van der Waals surface area contributed by atoms with E-state index in [1.54, 1.807) is 24.3 Å². The highest BCUT2D eigenvalue weighted by molar-refractivity contribution is 6.20. The number of halogens is 6. The highest BCUT2D eigenvalue weighted by Crippen LogP contribution is 2.50. The fourth-order valence-corrected chi connectivity index (χ4v) is 3.58. The standard InChI is InChI=1S/C18H12F6N2.C2H6/c19-17(20,21)25-9-10-26(18(22,23)24)16-14-8-4-2-6-12(14)11-5-1-3-7-13(11)15(16)25;1-2/h1-8H,9-10H2;1-2H3. The van der Waals surface area contributed by atoms with Crippen molar-refractivity contribution in [3.05, 3.63) is 48.5 Å². The molecule has 3 aromatic rings. The number of hydrogen-bond donors (Lipinski definition) is 0. The Morgan fingerprint density at radius 2 is 0.857 bits per heavy atom. The second kappa shape index (κ2) is 7.07. The maximum atomic E-state index is 13.6. The number of nitrogens with zero attached hydrogens (tertiary/aromatic N) is 2. The molecule has 0 aromatic heterocycles. The quantitative estimate of drug-likeness (QED) is 0.236. The monoisotopic (exact) mass is 400 g/mol. The highest BCUT2D eigenvalue weighted by Gasteiger charge is 2.48. The number of rotatable bonds is 0. The lowest BCUT2D eigenvalue weighted by Gasteiger charge is -2.41. The highest BCUT2D eigenvalue weighted by atomic mass is 19.4. The van der Waals surface area contributed by atoms with Crippen LogP contribution in [-0.4, -0.2) is 25.7 Å². The number of benzene rings is 3. The minimum absolute atomic E-state index is 0.110. The topological polar surface area (TPSA) is 6.48 Å². The van der Waals surface area contributed by atoms with Gasteiger partial charge in [0.2, 0.25) is 0 Å². The summed E-state index contributed by atoms with van der Waals surface area (Å²) in [6.07, 6.45) is -9.56. The van der Waals surface area contributed by atoms with E-state index in [4.69, 9.17) is 0 Å². The molecule has 4 rings (SSSR count). The van der Waals surface area contributed by atoms with Gasteiger partial charge in [-0.05, 0) is 10.8 Å². The molecule has 2 nitrogen and oxygen atoms in total. The summed E-state index contributed by atoms with van der Waals surface area (Å²) in [5.41, 5.74) is -0.897. The van der Waals surface area contributed by atoms with E-state index in [-0.39, 0.29) is 20.6 Å². The van der Waals surface area contributed by atoms with Gasteiger partial charge in [0, 0.05) is 23.9 Å². The van der Waals surface area contributed by atoms with E-state index >= 15 is 0 Å². The molecule has 8 heteroatoms. The molecular formula is C20H18F6N2. The van der Waals surface area contributed by atoms with E-state index in [9.17, 15) is 26.3 Å². The molecule has 28 heavy (non-hydrogen) atoms. The van der Waals surface area contributed by atoms with E-state index < -0.39 is 37.1 Å². The summed E-state index contributed by atoms with van der Waals surface area (Å²) in [5.74, 6) is 0. The fraction of sp³-hybridized carbons (Fsp3) is 0.300. The van der Waals surface area contributed by atoms with Crippen molar-refractivity contribution in [3.63, 3.8) is 0 Å². The zero-order chi connectivity index (χ0) is 20.7. The Kier molecular flexibility index (Phi) is 5.08. The predicted octanol–water partition coefficient (Wildman–Crippen LogP) is 6.69. The lowest BCUT2D eigenvalue weighted by Crippen LogP contribution is -2.52. The van der Waals surface area contributed by atoms with Gasteiger partial charge in [0.25, 0.3) is 0 Å². The van der Waals surface area contributed by atoms with Gasteiger partial charge in [-0.15, -0.1) is 0 Å². The lowest BCUT2D eigenvalue weighted by molar-refractivity contribution is -0.140. The van der Waals surface area contributed by atoms with Crippen LogP contribution < -0.4 is 9.80 Å². The van der Waals surface area contributed by atoms with Gasteiger partial charge in [0.1, 0.15) is 0 Å². The first-order valence-corrected chi connectivity index (χ1v) is 8.82. The van der Waals surface area contributed by atoms with Crippen molar-refractivity contribution in [1.82, 2.24) is 0 Å². The normalized spacial score (nSPS) is 14.7. The Morgan fingerprint density at radius 3 is 1.14 bits per heavy atom. The maximum Gasteiger partial charge on any atom is 0.485 e. The molecular weight excluding hydrogens is 382 g/mol. The summed E-state index contributed by atoms with van der Waals surface area (Å²) in [6, 6.07) is 12.5. The molecule has 150 valence electrons. The Balaban J connectivity index is 0.00000109. The molecule has 0 unspecified atom stereocenters. The first-order valence-electron chi connectivity index (χ1n) is 8.82. The first-order chi connectivity index (χ1) is 13.2. The third-order valence-electron chi connectivity index (χ3n) is 4.58. The summed E-state index contributed by atoms with van der Waals surface area (Å²) < 4.78 is 81.6. The van der Waals surface area contributed by atoms with Crippen LogP contribution in [0.5, 0.6) is 0 Å². The molecule has 0 spiro atoms. The molecule has 1 heterocycles. The molecule has 0 saturated carbocycles. The third-order valence-corrected chi connectivity index (χ3v) is 4.58. The molecule has 0 amide bonds. The molecule has 0 N–H and O–H groups in total. The second-order valence-electron chi connectivity index (χ2n) is 6.03. The molecule has 0 saturated heterocycles. The third kappa shape index (κ3) is 3.21. The summed E-state index contributed by atoms with van der Waals surface area (Å²) >= 11 is 0. The van der Waals surface area contributed by atoms with E-state index in [0.29, 0.717) is 10.8 Å². The van der Waals surface area contributed by atoms with Crippen LogP contribution in [-0.2, 0) is 0 Å². The summed E-state index contributed by atoms with van der Waals surface area (Å²) in [4.78, 5) is 0.221. The molecule has 1 aliphatic rings. The summed E-state index contributed by atoms with van der Waals surface area (Å²) in [7, 11) is 0. The minimum atomic E-state index is -4.78. The molecule has 0 atom stereocenters. The van der Waals surface area contributed by atoms with Gasteiger partial charge in [-0.2, -0.15) is 26.3 Å². The molecule has 0 radical (unpaired) electrons. The van der Waals surface area contributed by atoms with Gasteiger partial charge in [0.05, 0.1) is 11.4 Å². The van der Waals surface area contributed by atoms with Crippen LogP contribution in [0.4, 0.5) is 37.7 Å². The van der Waals surface area contributed by atoms with E-state index in [1.807, 2.05) is 13.8 Å². The Morgan fingerprint density at radius 1 is 0.571 bits per heavy atom. The smallest absolute Gasteiger partial charge is 0.279 e. The van der Waals surface area contributed by atoms with Crippen LogP contribution in [0.1, 0.15) is 13.8 Å². The van der Waals surface area contributed by atoms with Crippen molar-refractivity contribution in [2.45, 2.75) is 26.4 Å². The van der Waals surface area contributed by atoms with E-state index in [1.165, 1.54) is 24.3 Å². The number of fused-ring (bicyclic) bond motifs is 6. The Bertz CT molecular complexity index is 913. The van der Waals surface area contributed by atoms with Crippen LogP contribution in [0.3, 0.4) is 0 Å². The van der Waals surface area contributed by atoms with Gasteiger partial charge in [-0.25, -0.2) is 0 Å². The van der Waals surface area contributed by atoms with E-state index in [0.717, 1.165) is 0 Å². The SMILES string of the molecule is CC.FC(F)(F)N1CCN(C(F)(F)F)c2c1c1ccccc1c1ccccc21. The van der Waals surface area contributed by atoms with Crippen LogP contribution >= 0.6 is 0 Å². The first kappa shape index (κ1) is 20.1. The fourth-order valence-electron chi connectivity index (χ4n) is 3.58. The van der Waals surface area contributed by atoms with Gasteiger partial charge >= 0.3 is 12.6 Å². The van der Waals surface area contributed by atoms with Crippen molar-refractivity contribution >= 4 is 32.9 Å². The second-order valence-corrected chi connectivity index (χ2v) is 6.03. The molecule has 3 aromatic carbocycles. The summed E-state index contributed by atoms with van der Waals surface area (Å²) in [5, 5.41) is 1.26. The Labute approximate surface area is 157 Å². The maximum absolute atomic E-state index is 13.6. The molecule has 1 aliphatic heterocycles. The van der Waals surface area contributed by atoms with Crippen molar-refractivity contribution < 1.29 is 26.3 Å². The van der Waals surface area contributed by atoms with Gasteiger partial charge in [0.15, 0.2) is 0 Å². The van der Waals surface area contributed by atoms with Crippen molar-refractivity contribution in [1.29, 1.82) is 0 Å². The minimum Gasteiger partial charge on any atom is -0.279 e. The van der Waals surface area contributed by atoms with E-state index in [2.05, 4.69) is 0 Å². The van der Waals surface area contributed by atoms with Crippen molar-refractivity contribution in [3.8, 4) is 0 Å². The summed E-state index contributed by atoms with van der Waals surface area (Å²) in [6.45, 7) is 2.41. The average molecular weight is 400 g/mol. The largest absolute Gasteiger partial charge is 0.485 e. The predicted molar refractivity (Wildman–Crippen MR) is 99.6 cm³/mol. The molecule has 0 aliphatic carbocycles. The van der Waals surface area contributed by atoms with Crippen molar-refractivity contribution in [2.24, 2.45) is 0 Å². The number of hydrogen-bond acceptors (Lipinski definition) is 2. The zero-order valence-electron chi connectivity index (χ0n) is 15.2. The molecule has 0 fully saturated rings. The lowest BCUT2D eigenvalue weighted by atomic mass is 9.95. The zero-order valence-corrected chi connectivity index (χ0v) is 15.2.